The van der Waals surface area contributed by atoms with Gasteiger partial charge in [-0.15, -0.1) is 0 Å². The minimum Gasteiger partial charge on any atom is -0.386 e. The minimum absolute atomic E-state index is 0.355. The van der Waals surface area contributed by atoms with Gasteiger partial charge in [0.1, 0.15) is 17.8 Å². The Bertz CT molecular complexity index is 1300. The van der Waals surface area contributed by atoms with Crippen molar-refractivity contribution in [2.75, 3.05) is 44.3 Å². The molecule has 2 atom stereocenters. The first-order valence-electron chi connectivity index (χ1n) is 13.0. The molecule has 0 aliphatic carbocycles. The predicted molar refractivity (Wildman–Crippen MR) is 137 cm³/mol. The third kappa shape index (κ3) is 3.79. The SMILES string of the molecule is CC[C@]1(c2cc3c(cnn3-c3cc(N4CC(C)(O)C4)nc(C)n3)cc2C)CCN(C2COC2)CC1F. The molecule has 3 fully saturated rings. The molecule has 6 rings (SSSR count). The maximum absolute atomic E-state index is 16.0. The molecular formula is C27H35FN6O2. The van der Waals surface area contributed by atoms with Gasteiger partial charge in [-0.3, -0.25) is 4.90 Å². The highest BCUT2D eigenvalue weighted by Crippen LogP contribution is 2.44. The Labute approximate surface area is 211 Å². The molecule has 2 aromatic heterocycles. The number of aromatic nitrogens is 4. The fourth-order valence-corrected chi connectivity index (χ4v) is 6.28. The lowest BCUT2D eigenvalue weighted by molar-refractivity contribution is -0.0899. The highest BCUT2D eigenvalue weighted by Gasteiger charge is 2.46. The average molecular weight is 495 g/mol. The van der Waals surface area contributed by atoms with Crippen molar-refractivity contribution in [1.82, 2.24) is 24.6 Å². The summed E-state index contributed by atoms with van der Waals surface area (Å²) in [6.07, 6.45) is 2.43. The minimum atomic E-state index is -0.948. The second-order valence-corrected chi connectivity index (χ2v) is 11.2. The van der Waals surface area contributed by atoms with Gasteiger partial charge < -0.3 is 14.7 Å². The number of hydrogen-bond acceptors (Lipinski definition) is 7. The lowest BCUT2D eigenvalue weighted by atomic mass is 9.68. The molecule has 192 valence electrons. The van der Waals surface area contributed by atoms with Crippen LogP contribution in [0.1, 0.15) is 43.6 Å². The van der Waals surface area contributed by atoms with Gasteiger partial charge in [-0.1, -0.05) is 6.92 Å². The first-order chi connectivity index (χ1) is 17.2. The van der Waals surface area contributed by atoms with Gasteiger partial charge in [0, 0.05) is 36.5 Å². The molecule has 1 unspecified atom stereocenters. The van der Waals surface area contributed by atoms with E-state index < -0.39 is 17.2 Å². The molecule has 0 saturated carbocycles. The van der Waals surface area contributed by atoms with Crippen LogP contribution in [-0.2, 0) is 10.2 Å². The van der Waals surface area contributed by atoms with E-state index >= 15 is 4.39 Å². The average Bonchev–Trinajstić information content (AvgIpc) is 3.19. The van der Waals surface area contributed by atoms with Crippen LogP contribution in [-0.4, -0.2) is 87.0 Å². The second-order valence-electron chi connectivity index (χ2n) is 11.2. The number of halogens is 1. The van der Waals surface area contributed by atoms with E-state index in [1.807, 2.05) is 35.7 Å². The molecule has 1 N–H and O–H groups in total. The molecule has 0 radical (unpaired) electrons. The first-order valence-corrected chi connectivity index (χ1v) is 13.0. The van der Waals surface area contributed by atoms with E-state index in [2.05, 4.69) is 45.9 Å². The molecule has 0 spiro atoms. The number of nitrogens with zero attached hydrogens (tertiary/aromatic N) is 6. The Morgan fingerprint density at radius 2 is 1.89 bits per heavy atom. The quantitative estimate of drug-likeness (QED) is 0.584. The molecule has 36 heavy (non-hydrogen) atoms. The summed E-state index contributed by atoms with van der Waals surface area (Å²) in [5.41, 5.74) is 1.88. The van der Waals surface area contributed by atoms with Crippen LogP contribution in [0, 0.1) is 13.8 Å². The summed E-state index contributed by atoms with van der Waals surface area (Å²) in [6, 6.07) is 6.54. The van der Waals surface area contributed by atoms with Gasteiger partial charge in [0.2, 0.25) is 0 Å². The first kappa shape index (κ1) is 23.8. The van der Waals surface area contributed by atoms with Crippen LogP contribution in [0.4, 0.5) is 10.2 Å². The number of rotatable bonds is 5. The lowest BCUT2D eigenvalue weighted by Crippen LogP contribution is -2.60. The molecule has 1 aromatic carbocycles. The van der Waals surface area contributed by atoms with Gasteiger partial charge in [-0.25, -0.2) is 19.0 Å². The number of piperidine rings is 1. The standard InChI is InChI=1S/C27H35FN6O2/c1-5-27(6-7-32(12-23(27)28)20-13-36-14-20)21-9-22-19(8-17(21)2)11-29-34(22)25-10-24(30-18(3)31-25)33-15-26(4,35)16-33/h8-11,20,23,35H,5-7,12-16H2,1-4H3/t23?,27-/m1/s1. The van der Waals surface area contributed by atoms with E-state index in [1.54, 1.807) is 0 Å². The summed E-state index contributed by atoms with van der Waals surface area (Å²) < 4.78 is 23.2. The number of anilines is 1. The molecular weight excluding hydrogens is 459 g/mol. The van der Waals surface area contributed by atoms with Crippen molar-refractivity contribution >= 4 is 16.7 Å². The lowest BCUT2D eigenvalue weighted by Gasteiger charge is -2.48. The zero-order valence-corrected chi connectivity index (χ0v) is 21.5. The number of fused-ring (bicyclic) bond motifs is 1. The number of ether oxygens (including phenoxy) is 1. The summed E-state index contributed by atoms with van der Waals surface area (Å²) >= 11 is 0. The van der Waals surface area contributed by atoms with Crippen LogP contribution in [0.5, 0.6) is 0 Å². The van der Waals surface area contributed by atoms with Crippen LogP contribution >= 0.6 is 0 Å². The third-order valence-electron chi connectivity index (χ3n) is 8.47. The van der Waals surface area contributed by atoms with Crippen LogP contribution in [0.3, 0.4) is 0 Å². The Morgan fingerprint density at radius 1 is 1.14 bits per heavy atom. The summed E-state index contributed by atoms with van der Waals surface area (Å²) in [5.74, 6) is 2.10. The van der Waals surface area contributed by atoms with Crippen LogP contribution in [0.25, 0.3) is 16.7 Å². The Hall–Kier alpha value is -2.62. The maximum Gasteiger partial charge on any atom is 0.159 e. The molecule has 0 amide bonds. The van der Waals surface area contributed by atoms with Crippen LogP contribution in [0.2, 0.25) is 0 Å². The summed E-state index contributed by atoms with van der Waals surface area (Å²) in [6.45, 7) is 11.7. The highest BCUT2D eigenvalue weighted by molar-refractivity contribution is 5.82. The zero-order valence-electron chi connectivity index (χ0n) is 21.5. The van der Waals surface area contributed by atoms with E-state index in [1.165, 1.54) is 0 Å². The fraction of sp³-hybridized carbons (Fsp3) is 0.593. The molecule has 9 heteroatoms. The number of alkyl halides is 1. The van der Waals surface area contributed by atoms with Crippen molar-refractivity contribution < 1.29 is 14.2 Å². The Morgan fingerprint density at radius 3 is 2.53 bits per heavy atom. The Kier molecular flexibility index (Phi) is 5.59. The van der Waals surface area contributed by atoms with E-state index in [9.17, 15) is 5.11 Å². The normalized spacial score (nSPS) is 26.7. The van der Waals surface area contributed by atoms with Gasteiger partial charge in [-0.05, 0) is 63.4 Å². The van der Waals surface area contributed by atoms with Crippen LogP contribution < -0.4 is 4.90 Å². The Balaban J connectivity index is 1.38. The summed E-state index contributed by atoms with van der Waals surface area (Å²) in [4.78, 5) is 13.6. The number of hydrogen-bond donors (Lipinski definition) is 1. The van der Waals surface area contributed by atoms with E-state index in [4.69, 9.17) is 4.74 Å². The van der Waals surface area contributed by atoms with E-state index in [0.717, 1.165) is 47.2 Å². The van der Waals surface area contributed by atoms with Gasteiger partial charge in [0.15, 0.2) is 5.82 Å². The largest absolute Gasteiger partial charge is 0.386 e. The van der Waals surface area contributed by atoms with Gasteiger partial charge in [0.05, 0.1) is 36.6 Å². The molecule has 0 bridgehead atoms. The molecule has 3 aliphatic rings. The number of β-amino-alcohol motifs (C(OH)–C–C–N with tert-alkyl or cyclic N) is 1. The highest BCUT2D eigenvalue weighted by atomic mass is 19.1. The van der Waals surface area contributed by atoms with Crippen molar-refractivity contribution in [3.8, 4) is 5.82 Å². The smallest absolute Gasteiger partial charge is 0.159 e. The molecule has 8 nitrogen and oxygen atoms in total. The number of likely N-dealkylation sites (tertiary alicyclic amines) is 1. The van der Waals surface area contributed by atoms with Crippen molar-refractivity contribution in [2.45, 2.75) is 63.8 Å². The second kappa shape index (κ2) is 8.46. The molecule has 3 aromatic rings. The number of aryl methyl sites for hydroxylation is 2. The maximum atomic E-state index is 16.0. The molecule has 3 saturated heterocycles. The topological polar surface area (TPSA) is 79.5 Å². The predicted octanol–water partition coefficient (Wildman–Crippen LogP) is 3.09. The number of aliphatic hydroxyl groups is 1. The summed E-state index contributed by atoms with van der Waals surface area (Å²) in [5, 5.41) is 15.9. The van der Waals surface area contributed by atoms with Crippen LogP contribution in [0.15, 0.2) is 24.4 Å². The summed E-state index contributed by atoms with van der Waals surface area (Å²) in [7, 11) is 0. The van der Waals surface area contributed by atoms with Gasteiger partial charge in [-0.2, -0.15) is 5.10 Å². The van der Waals surface area contributed by atoms with Crippen molar-refractivity contribution in [2.24, 2.45) is 0 Å². The monoisotopic (exact) mass is 494 g/mol. The van der Waals surface area contributed by atoms with Crippen molar-refractivity contribution in [3.63, 3.8) is 0 Å². The van der Waals surface area contributed by atoms with Crippen molar-refractivity contribution in [1.29, 1.82) is 0 Å². The molecule has 3 aliphatic heterocycles. The van der Waals surface area contributed by atoms with Gasteiger partial charge in [0.25, 0.3) is 0 Å². The third-order valence-corrected chi connectivity index (χ3v) is 8.47. The zero-order chi connectivity index (χ0) is 25.2. The van der Waals surface area contributed by atoms with E-state index in [-0.39, 0.29) is 0 Å². The van der Waals surface area contributed by atoms with Gasteiger partial charge >= 0.3 is 0 Å². The van der Waals surface area contributed by atoms with Crippen molar-refractivity contribution in [3.05, 3.63) is 41.3 Å². The van der Waals surface area contributed by atoms with E-state index in [0.29, 0.717) is 50.5 Å². The fourth-order valence-electron chi connectivity index (χ4n) is 6.28. The number of benzene rings is 1. The molecule has 5 heterocycles.